The van der Waals surface area contributed by atoms with Crippen molar-refractivity contribution in [3.63, 3.8) is 0 Å². The van der Waals surface area contributed by atoms with Crippen LogP contribution in [0.4, 0.5) is 0 Å². The number of rotatable bonds is 6. The number of aromatic amines is 1. The molecule has 1 aliphatic rings. The number of phenols is 1. The normalized spacial score (nSPS) is 17.2. The summed E-state index contributed by atoms with van der Waals surface area (Å²) in [5.74, 6) is -1.34. The minimum Gasteiger partial charge on any atom is -0.508 e. The summed E-state index contributed by atoms with van der Waals surface area (Å²) in [6, 6.07) is 17.9. The summed E-state index contributed by atoms with van der Waals surface area (Å²) < 4.78 is 5.17. The van der Waals surface area contributed by atoms with E-state index < -0.39 is 17.7 Å². The number of ether oxygens (including phenoxy) is 1. The first-order valence-electron chi connectivity index (χ1n) is 11.3. The Balaban J connectivity index is 1.57. The number of aromatic nitrogens is 1. The van der Waals surface area contributed by atoms with Crippen molar-refractivity contribution in [3.05, 3.63) is 100 Å². The van der Waals surface area contributed by atoms with Gasteiger partial charge >= 0.3 is 0 Å². The van der Waals surface area contributed by atoms with Crippen LogP contribution in [0.1, 0.15) is 22.7 Å². The molecule has 2 heterocycles. The Morgan fingerprint density at radius 1 is 1.08 bits per heavy atom. The molecule has 4 aromatic rings. The van der Waals surface area contributed by atoms with Crippen molar-refractivity contribution in [1.82, 2.24) is 9.88 Å². The molecule has 0 spiro atoms. The van der Waals surface area contributed by atoms with Gasteiger partial charge in [0.2, 0.25) is 0 Å². The first-order valence-corrected chi connectivity index (χ1v) is 11.7. The molecular formula is C28H23ClN2O5. The summed E-state index contributed by atoms with van der Waals surface area (Å²) in [5, 5.41) is 22.3. The smallest absolute Gasteiger partial charge is 0.295 e. The molecule has 1 saturated heterocycles. The second-order valence-electron chi connectivity index (χ2n) is 8.54. The summed E-state index contributed by atoms with van der Waals surface area (Å²) >= 11 is 6.25. The highest BCUT2D eigenvalue weighted by Gasteiger charge is 2.45. The number of ketones is 1. The van der Waals surface area contributed by atoms with E-state index in [-0.39, 0.29) is 28.6 Å². The molecule has 1 atom stereocenters. The molecule has 36 heavy (non-hydrogen) atoms. The van der Waals surface area contributed by atoms with Crippen LogP contribution in [0, 0.1) is 0 Å². The standard InChI is InChI=1S/C28H23ClN2O5/c1-36-23-11-8-17(14-21(23)29)26(33)24-25(16-6-9-19(32)10-7-16)31(28(35)27(24)34)13-12-18-15-30-22-5-3-2-4-20(18)22/h2-11,14-15,25,30,32-33H,12-13H2,1H3/b26-24+. The Kier molecular flexibility index (Phi) is 6.16. The van der Waals surface area contributed by atoms with Gasteiger partial charge in [-0.25, -0.2) is 0 Å². The van der Waals surface area contributed by atoms with Gasteiger partial charge in [-0.3, -0.25) is 9.59 Å². The van der Waals surface area contributed by atoms with Crippen molar-refractivity contribution in [2.45, 2.75) is 12.5 Å². The van der Waals surface area contributed by atoms with Gasteiger partial charge in [-0.2, -0.15) is 0 Å². The lowest BCUT2D eigenvalue weighted by Gasteiger charge is -2.25. The highest BCUT2D eigenvalue weighted by molar-refractivity contribution is 6.46. The predicted molar refractivity (Wildman–Crippen MR) is 137 cm³/mol. The Morgan fingerprint density at radius 2 is 1.83 bits per heavy atom. The van der Waals surface area contributed by atoms with Gasteiger partial charge in [0.15, 0.2) is 0 Å². The molecule has 0 aliphatic carbocycles. The number of fused-ring (bicyclic) bond motifs is 1. The van der Waals surface area contributed by atoms with Crippen molar-refractivity contribution >= 4 is 40.0 Å². The Bertz CT molecular complexity index is 1510. The number of nitrogens with one attached hydrogen (secondary N) is 1. The van der Waals surface area contributed by atoms with Crippen molar-refractivity contribution in [2.75, 3.05) is 13.7 Å². The van der Waals surface area contributed by atoms with E-state index in [1.165, 1.54) is 30.2 Å². The summed E-state index contributed by atoms with van der Waals surface area (Å²) in [7, 11) is 1.48. The van der Waals surface area contributed by atoms with Crippen LogP contribution in [0.3, 0.4) is 0 Å². The molecule has 0 bridgehead atoms. The van der Waals surface area contributed by atoms with Crippen molar-refractivity contribution in [3.8, 4) is 11.5 Å². The highest BCUT2D eigenvalue weighted by Crippen LogP contribution is 2.40. The van der Waals surface area contributed by atoms with E-state index in [4.69, 9.17) is 16.3 Å². The first kappa shape index (κ1) is 23.5. The molecule has 182 valence electrons. The number of aliphatic hydroxyl groups is 1. The first-order chi connectivity index (χ1) is 17.4. The molecule has 3 N–H and O–H groups in total. The van der Waals surface area contributed by atoms with Crippen LogP contribution in [0.15, 0.2) is 78.5 Å². The molecule has 1 aliphatic heterocycles. The highest BCUT2D eigenvalue weighted by atomic mass is 35.5. The number of carbonyl (C=O) groups excluding carboxylic acids is 2. The number of carbonyl (C=O) groups is 2. The van der Waals surface area contributed by atoms with Gasteiger partial charge in [-0.1, -0.05) is 41.9 Å². The van der Waals surface area contributed by atoms with E-state index in [2.05, 4.69) is 4.98 Å². The molecule has 0 saturated carbocycles. The third-order valence-electron chi connectivity index (χ3n) is 6.47. The maximum absolute atomic E-state index is 13.2. The van der Waals surface area contributed by atoms with Gasteiger partial charge in [-0.15, -0.1) is 0 Å². The predicted octanol–water partition coefficient (Wildman–Crippen LogP) is 5.20. The van der Waals surface area contributed by atoms with Crippen LogP contribution < -0.4 is 4.74 Å². The van der Waals surface area contributed by atoms with Gasteiger partial charge in [0.1, 0.15) is 17.3 Å². The van der Waals surface area contributed by atoms with E-state index in [1.54, 1.807) is 24.3 Å². The van der Waals surface area contributed by atoms with E-state index in [0.717, 1.165) is 16.5 Å². The number of likely N-dealkylation sites (tertiary alicyclic amines) is 1. The van der Waals surface area contributed by atoms with Gasteiger partial charge in [0.05, 0.1) is 23.7 Å². The van der Waals surface area contributed by atoms with E-state index >= 15 is 0 Å². The van der Waals surface area contributed by atoms with Crippen LogP contribution in [0.2, 0.25) is 5.02 Å². The minimum absolute atomic E-state index is 0.0363. The van der Waals surface area contributed by atoms with Crippen molar-refractivity contribution in [2.24, 2.45) is 0 Å². The summed E-state index contributed by atoms with van der Waals surface area (Å²) in [6.45, 7) is 0.248. The molecular weight excluding hydrogens is 480 g/mol. The topological polar surface area (TPSA) is 103 Å². The fourth-order valence-corrected chi connectivity index (χ4v) is 4.92. The molecule has 1 aromatic heterocycles. The fourth-order valence-electron chi connectivity index (χ4n) is 4.66. The molecule has 3 aromatic carbocycles. The summed E-state index contributed by atoms with van der Waals surface area (Å²) in [4.78, 5) is 31.2. The molecule has 0 radical (unpaired) electrons. The van der Waals surface area contributed by atoms with E-state index in [1.807, 2.05) is 30.5 Å². The maximum Gasteiger partial charge on any atom is 0.295 e. The van der Waals surface area contributed by atoms with E-state index in [0.29, 0.717) is 23.3 Å². The third kappa shape index (κ3) is 4.07. The monoisotopic (exact) mass is 502 g/mol. The second-order valence-corrected chi connectivity index (χ2v) is 8.95. The number of methoxy groups -OCH3 is 1. The van der Waals surface area contributed by atoms with Gasteiger partial charge in [-0.05, 0) is 53.9 Å². The molecule has 7 nitrogen and oxygen atoms in total. The maximum atomic E-state index is 13.2. The quantitative estimate of drug-likeness (QED) is 0.191. The summed E-state index contributed by atoms with van der Waals surface area (Å²) in [5.41, 5.74) is 2.84. The van der Waals surface area contributed by atoms with Gasteiger partial charge < -0.3 is 24.8 Å². The number of H-pyrrole nitrogens is 1. The zero-order valence-corrected chi connectivity index (χ0v) is 20.1. The molecule has 8 heteroatoms. The number of aromatic hydroxyl groups is 1. The minimum atomic E-state index is -0.836. The Morgan fingerprint density at radius 3 is 2.56 bits per heavy atom. The number of hydrogen-bond donors (Lipinski definition) is 3. The van der Waals surface area contributed by atoms with E-state index in [9.17, 15) is 19.8 Å². The number of hydrogen-bond acceptors (Lipinski definition) is 5. The Labute approximate surface area is 212 Å². The number of phenolic OH excluding ortho intramolecular Hbond substituents is 1. The average Bonchev–Trinajstić information content (AvgIpc) is 3.41. The third-order valence-corrected chi connectivity index (χ3v) is 6.77. The van der Waals surface area contributed by atoms with Crippen molar-refractivity contribution in [1.29, 1.82) is 0 Å². The Hall–Kier alpha value is -4.23. The summed E-state index contributed by atoms with van der Waals surface area (Å²) in [6.07, 6.45) is 2.40. The SMILES string of the molecule is COc1ccc(/C(O)=C2\C(=O)C(=O)N(CCc3c[nH]c4ccccc34)C2c2ccc(O)cc2)cc1Cl. The van der Waals surface area contributed by atoms with Crippen LogP contribution in [-0.4, -0.2) is 45.4 Å². The van der Waals surface area contributed by atoms with Crippen LogP contribution >= 0.6 is 11.6 Å². The lowest BCUT2D eigenvalue weighted by atomic mass is 9.95. The number of benzene rings is 3. The average molecular weight is 503 g/mol. The van der Waals surface area contributed by atoms with Crippen LogP contribution in [0.25, 0.3) is 16.7 Å². The molecule has 1 fully saturated rings. The number of Topliss-reactive ketones (excluding diaryl/α,β-unsaturated/α-hetero) is 1. The van der Waals surface area contributed by atoms with Crippen LogP contribution in [-0.2, 0) is 16.0 Å². The van der Waals surface area contributed by atoms with Crippen LogP contribution in [0.5, 0.6) is 11.5 Å². The number of aliphatic hydroxyl groups excluding tert-OH is 1. The zero-order chi connectivity index (χ0) is 25.4. The van der Waals surface area contributed by atoms with Gasteiger partial charge in [0, 0.05) is 29.2 Å². The second kappa shape index (κ2) is 9.43. The largest absolute Gasteiger partial charge is 0.508 e. The lowest BCUT2D eigenvalue weighted by Crippen LogP contribution is -2.31. The van der Waals surface area contributed by atoms with Crippen molar-refractivity contribution < 1.29 is 24.5 Å². The zero-order valence-electron chi connectivity index (χ0n) is 19.4. The number of nitrogens with zero attached hydrogens (tertiary/aromatic N) is 1. The molecule has 1 amide bonds. The van der Waals surface area contributed by atoms with Gasteiger partial charge in [0.25, 0.3) is 11.7 Å². The molecule has 1 unspecified atom stereocenters. The number of para-hydroxylation sites is 1. The lowest BCUT2D eigenvalue weighted by molar-refractivity contribution is -0.139. The fraction of sp³-hybridized carbons (Fsp3) is 0.143. The molecule has 5 rings (SSSR count). The number of amides is 1. The number of halogens is 1.